The van der Waals surface area contributed by atoms with Crippen LogP contribution in [0.1, 0.15) is 23.8 Å². The van der Waals surface area contributed by atoms with Gasteiger partial charge in [0.1, 0.15) is 0 Å². The van der Waals surface area contributed by atoms with E-state index in [0.717, 1.165) is 18.4 Å². The van der Waals surface area contributed by atoms with Crippen molar-refractivity contribution >= 4 is 11.3 Å². The van der Waals surface area contributed by atoms with E-state index >= 15 is 0 Å². The van der Waals surface area contributed by atoms with E-state index in [0.29, 0.717) is 0 Å². The average molecular weight is 180 g/mol. The van der Waals surface area contributed by atoms with Crippen molar-refractivity contribution in [2.24, 2.45) is 5.73 Å². The first-order valence-electron chi connectivity index (χ1n) is 3.95. The highest BCUT2D eigenvalue weighted by Crippen LogP contribution is 2.15. The van der Waals surface area contributed by atoms with Gasteiger partial charge < -0.3 is 5.73 Å². The molecule has 64 valence electrons. The molecule has 1 aromatic rings. The predicted octanol–water partition coefficient (Wildman–Crippen LogP) is 1.90. The molecule has 1 rings (SSSR count). The number of hydrogen-bond acceptors (Lipinski definition) is 3. The molecule has 0 aliphatic rings. The van der Waals surface area contributed by atoms with Crippen molar-refractivity contribution in [1.82, 2.24) is 0 Å². The lowest BCUT2D eigenvalue weighted by Crippen LogP contribution is -2.14. The summed E-state index contributed by atoms with van der Waals surface area (Å²) in [4.78, 5) is 1.25. The molecule has 3 heteroatoms. The summed E-state index contributed by atoms with van der Waals surface area (Å²) < 4.78 is 0. The van der Waals surface area contributed by atoms with E-state index in [4.69, 9.17) is 11.0 Å². The molecule has 0 aromatic carbocycles. The maximum Gasteiger partial charge on any atom is 0.1000 e. The third-order valence-electron chi connectivity index (χ3n) is 1.63. The highest BCUT2D eigenvalue weighted by molar-refractivity contribution is 7.10. The summed E-state index contributed by atoms with van der Waals surface area (Å²) in [6.45, 7) is 2.00. The number of nitriles is 1. The normalized spacial score (nSPS) is 12.4. The van der Waals surface area contributed by atoms with E-state index in [9.17, 15) is 0 Å². The van der Waals surface area contributed by atoms with Gasteiger partial charge in [0, 0.05) is 16.3 Å². The maximum atomic E-state index is 8.56. The summed E-state index contributed by atoms with van der Waals surface area (Å²) in [6, 6.07) is 4.30. The molecule has 1 heterocycles. The lowest BCUT2D eigenvalue weighted by atomic mass is 10.1. The quantitative estimate of drug-likeness (QED) is 0.772. The first-order valence-corrected chi connectivity index (χ1v) is 4.83. The molecule has 1 aromatic heterocycles. The zero-order valence-corrected chi connectivity index (χ0v) is 7.90. The van der Waals surface area contributed by atoms with Crippen LogP contribution in [0, 0.1) is 11.3 Å². The van der Waals surface area contributed by atoms with Gasteiger partial charge in [-0.3, -0.25) is 0 Å². The summed E-state index contributed by atoms with van der Waals surface area (Å²) in [5.41, 5.74) is 6.38. The minimum atomic E-state index is 0.248. The molecule has 12 heavy (non-hydrogen) atoms. The molecule has 2 N–H and O–H groups in total. The average Bonchev–Trinajstić information content (AvgIpc) is 2.48. The van der Waals surface area contributed by atoms with Crippen molar-refractivity contribution < 1.29 is 0 Å². The summed E-state index contributed by atoms with van der Waals surface area (Å²) in [7, 11) is 0. The molecule has 0 fully saturated rings. The molecule has 0 aliphatic heterocycles. The summed E-state index contributed by atoms with van der Waals surface area (Å²) in [5, 5.41) is 10.4. The lowest BCUT2D eigenvalue weighted by molar-refractivity contribution is 0.670. The van der Waals surface area contributed by atoms with Gasteiger partial charge in [-0.15, -0.1) is 11.3 Å². The van der Waals surface area contributed by atoms with Crippen LogP contribution in [0.3, 0.4) is 0 Å². The Morgan fingerprint density at radius 3 is 3.00 bits per heavy atom. The fraction of sp³-hybridized carbons (Fsp3) is 0.444. The number of aryl methyl sites for hydroxylation is 1. The SMILES string of the molecule is C[C@@H](N)CCc1cc(C#N)cs1. The zero-order chi connectivity index (χ0) is 8.97. The highest BCUT2D eigenvalue weighted by atomic mass is 32.1. The second-order valence-electron chi connectivity index (χ2n) is 2.93. The number of hydrogen-bond donors (Lipinski definition) is 1. The van der Waals surface area contributed by atoms with Crippen LogP contribution in [-0.4, -0.2) is 6.04 Å². The van der Waals surface area contributed by atoms with Crippen LogP contribution in [0.25, 0.3) is 0 Å². The van der Waals surface area contributed by atoms with E-state index in [1.165, 1.54) is 4.88 Å². The van der Waals surface area contributed by atoms with Crippen LogP contribution in [-0.2, 0) is 6.42 Å². The van der Waals surface area contributed by atoms with E-state index in [2.05, 4.69) is 6.07 Å². The van der Waals surface area contributed by atoms with Gasteiger partial charge in [-0.05, 0) is 25.8 Å². The van der Waals surface area contributed by atoms with Gasteiger partial charge in [0.25, 0.3) is 0 Å². The van der Waals surface area contributed by atoms with Crippen LogP contribution in [0.5, 0.6) is 0 Å². The first kappa shape index (κ1) is 9.24. The smallest absolute Gasteiger partial charge is 0.1000 e. The molecule has 0 unspecified atom stereocenters. The fourth-order valence-corrected chi connectivity index (χ4v) is 1.77. The molecular formula is C9H12N2S. The topological polar surface area (TPSA) is 49.8 Å². The van der Waals surface area contributed by atoms with Crippen molar-refractivity contribution in [3.8, 4) is 6.07 Å². The molecular weight excluding hydrogens is 168 g/mol. The van der Waals surface area contributed by atoms with Gasteiger partial charge in [0.05, 0.1) is 11.6 Å². The molecule has 0 saturated carbocycles. The molecule has 0 amide bonds. The Hall–Kier alpha value is -0.850. The maximum absolute atomic E-state index is 8.56. The van der Waals surface area contributed by atoms with Gasteiger partial charge in [0.2, 0.25) is 0 Å². The van der Waals surface area contributed by atoms with Crippen LogP contribution >= 0.6 is 11.3 Å². The van der Waals surface area contributed by atoms with E-state index < -0.39 is 0 Å². The second kappa shape index (κ2) is 4.24. The van der Waals surface area contributed by atoms with Crippen molar-refractivity contribution in [2.45, 2.75) is 25.8 Å². The number of nitrogens with two attached hydrogens (primary N) is 1. The third-order valence-corrected chi connectivity index (χ3v) is 2.63. The van der Waals surface area contributed by atoms with Gasteiger partial charge in [-0.2, -0.15) is 5.26 Å². The molecule has 0 radical (unpaired) electrons. The van der Waals surface area contributed by atoms with Gasteiger partial charge in [-0.25, -0.2) is 0 Å². The van der Waals surface area contributed by atoms with Gasteiger partial charge in [0.15, 0.2) is 0 Å². The summed E-state index contributed by atoms with van der Waals surface area (Å²) in [5.74, 6) is 0. The first-order chi connectivity index (χ1) is 5.72. The van der Waals surface area contributed by atoms with E-state index in [1.54, 1.807) is 11.3 Å². The van der Waals surface area contributed by atoms with Gasteiger partial charge >= 0.3 is 0 Å². The largest absolute Gasteiger partial charge is 0.328 e. The van der Waals surface area contributed by atoms with E-state index in [1.807, 2.05) is 18.4 Å². The fourth-order valence-electron chi connectivity index (χ4n) is 0.940. The molecule has 0 aliphatic carbocycles. The minimum absolute atomic E-state index is 0.248. The Kier molecular flexibility index (Phi) is 3.27. The lowest BCUT2D eigenvalue weighted by Gasteiger charge is -2.01. The van der Waals surface area contributed by atoms with Crippen LogP contribution in [0.4, 0.5) is 0 Å². The molecule has 0 saturated heterocycles. The van der Waals surface area contributed by atoms with E-state index in [-0.39, 0.29) is 6.04 Å². The van der Waals surface area contributed by atoms with Crippen LogP contribution in [0.15, 0.2) is 11.4 Å². The predicted molar refractivity (Wildman–Crippen MR) is 51.0 cm³/mol. The van der Waals surface area contributed by atoms with Crippen LogP contribution in [0.2, 0.25) is 0 Å². The van der Waals surface area contributed by atoms with Crippen molar-refractivity contribution in [1.29, 1.82) is 5.26 Å². The zero-order valence-electron chi connectivity index (χ0n) is 7.08. The van der Waals surface area contributed by atoms with Crippen LogP contribution < -0.4 is 5.73 Å². The molecule has 2 nitrogen and oxygen atoms in total. The monoisotopic (exact) mass is 180 g/mol. The Morgan fingerprint density at radius 1 is 1.75 bits per heavy atom. The Morgan fingerprint density at radius 2 is 2.50 bits per heavy atom. The standard InChI is InChI=1S/C9H12N2S/c1-7(11)2-3-9-4-8(5-10)6-12-9/h4,6-7H,2-3,11H2,1H3/t7-/m1/s1. The number of thiophene rings is 1. The summed E-state index contributed by atoms with van der Waals surface area (Å²) >= 11 is 1.64. The third kappa shape index (κ3) is 2.65. The highest BCUT2D eigenvalue weighted by Gasteiger charge is 2.00. The van der Waals surface area contributed by atoms with Crippen molar-refractivity contribution in [3.05, 3.63) is 21.9 Å². The Balaban J connectivity index is 2.48. The minimum Gasteiger partial charge on any atom is -0.328 e. The molecule has 0 bridgehead atoms. The Labute approximate surface area is 76.6 Å². The molecule has 1 atom stereocenters. The second-order valence-corrected chi connectivity index (χ2v) is 3.93. The van der Waals surface area contributed by atoms with Gasteiger partial charge in [-0.1, -0.05) is 0 Å². The molecule has 0 spiro atoms. The Bertz CT molecular complexity index is 283. The summed E-state index contributed by atoms with van der Waals surface area (Å²) in [6.07, 6.45) is 1.98. The van der Waals surface area contributed by atoms with Crippen molar-refractivity contribution in [2.75, 3.05) is 0 Å². The number of nitrogens with zero attached hydrogens (tertiary/aromatic N) is 1. The van der Waals surface area contributed by atoms with Crippen molar-refractivity contribution in [3.63, 3.8) is 0 Å². The number of rotatable bonds is 3.